The maximum absolute atomic E-state index is 8.69. The van der Waals surface area contributed by atoms with E-state index in [9.17, 15) is 0 Å². The Morgan fingerprint density at radius 1 is 1.39 bits per heavy atom. The van der Waals surface area contributed by atoms with Crippen molar-refractivity contribution >= 4 is 11.3 Å². The van der Waals surface area contributed by atoms with Crippen molar-refractivity contribution in [2.45, 2.75) is 19.8 Å². The molecule has 1 heterocycles. The second kappa shape index (κ2) is 6.18. The van der Waals surface area contributed by atoms with Crippen molar-refractivity contribution in [3.8, 4) is 11.8 Å². The number of aromatic nitrogens is 1. The van der Waals surface area contributed by atoms with E-state index in [4.69, 9.17) is 10.00 Å². The van der Waals surface area contributed by atoms with Crippen molar-refractivity contribution in [1.82, 2.24) is 4.98 Å². The Labute approximate surface area is 111 Å². The average molecular weight is 258 g/mol. The second-order valence-electron chi connectivity index (χ2n) is 3.80. The van der Waals surface area contributed by atoms with Crippen LogP contribution in [0.15, 0.2) is 29.6 Å². The number of ether oxygens (including phenoxy) is 1. The fourth-order valence-corrected chi connectivity index (χ4v) is 2.37. The molecule has 0 aliphatic heterocycles. The van der Waals surface area contributed by atoms with E-state index in [0.717, 1.165) is 23.6 Å². The number of nitriles is 1. The van der Waals surface area contributed by atoms with Crippen LogP contribution in [0.3, 0.4) is 0 Å². The number of benzene rings is 1. The number of para-hydroxylation sites is 1. The Hall–Kier alpha value is -1.86. The number of aryl methyl sites for hydroxylation is 1. The highest BCUT2D eigenvalue weighted by Crippen LogP contribution is 2.19. The number of rotatable bonds is 5. The van der Waals surface area contributed by atoms with Gasteiger partial charge in [0.1, 0.15) is 11.8 Å². The van der Waals surface area contributed by atoms with Crippen LogP contribution in [0.5, 0.6) is 5.75 Å². The lowest BCUT2D eigenvalue weighted by Gasteiger charge is -2.09. The molecule has 0 N–H and O–H groups in total. The van der Waals surface area contributed by atoms with Gasteiger partial charge in [-0.25, -0.2) is 4.98 Å². The van der Waals surface area contributed by atoms with Gasteiger partial charge < -0.3 is 4.74 Å². The summed E-state index contributed by atoms with van der Waals surface area (Å²) in [5, 5.41) is 11.4. The van der Waals surface area contributed by atoms with Gasteiger partial charge in [-0.1, -0.05) is 25.1 Å². The molecule has 18 heavy (non-hydrogen) atoms. The molecule has 0 unspecified atom stereocenters. The minimum Gasteiger partial charge on any atom is -0.493 e. The highest BCUT2D eigenvalue weighted by Gasteiger charge is 2.03. The normalized spacial score (nSPS) is 10.0. The maximum atomic E-state index is 8.69. The monoisotopic (exact) mass is 258 g/mol. The van der Waals surface area contributed by atoms with E-state index in [-0.39, 0.29) is 0 Å². The van der Waals surface area contributed by atoms with Crippen molar-refractivity contribution < 1.29 is 4.74 Å². The molecule has 0 saturated carbocycles. The van der Waals surface area contributed by atoms with E-state index in [1.807, 2.05) is 24.3 Å². The fourth-order valence-electron chi connectivity index (χ4n) is 1.66. The lowest BCUT2D eigenvalue weighted by molar-refractivity contribution is 0.318. The van der Waals surface area contributed by atoms with Crippen molar-refractivity contribution in [3.05, 3.63) is 45.9 Å². The molecule has 0 aliphatic rings. The van der Waals surface area contributed by atoms with Gasteiger partial charge in [0.05, 0.1) is 11.6 Å². The first-order valence-corrected chi connectivity index (χ1v) is 6.76. The van der Waals surface area contributed by atoms with Gasteiger partial charge in [-0.05, 0) is 18.1 Å². The molecule has 0 radical (unpaired) electrons. The molecule has 0 saturated heterocycles. The number of hydrogen-bond donors (Lipinski definition) is 0. The molecule has 92 valence electrons. The summed E-state index contributed by atoms with van der Waals surface area (Å²) in [5.74, 6) is 0.942. The van der Waals surface area contributed by atoms with Crippen LogP contribution in [0.4, 0.5) is 0 Å². The third-order valence-electron chi connectivity index (χ3n) is 2.59. The lowest BCUT2D eigenvalue weighted by Crippen LogP contribution is -2.03. The zero-order chi connectivity index (χ0) is 12.8. The van der Waals surface area contributed by atoms with Crippen LogP contribution in [-0.2, 0) is 12.8 Å². The molecule has 0 aliphatic carbocycles. The molecule has 0 atom stereocenters. The van der Waals surface area contributed by atoms with Crippen molar-refractivity contribution in [3.63, 3.8) is 0 Å². The van der Waals surface area contributed by atoms with Crippen LogP contribution in [0, 0.1) is 11.3 Å². The summed E-state index contributed by atoms with van der Waals surface area (Å²) in [6.45, 7) is 2.71. The van der Waals surface area contributed by atoms with E-state index in [0.29, 0.717) is 12.3 Å². The summed E-state index contributed by atoms with van der Waals surface area (Å²) in [4.78, 5) is 4.18. The molecule has 1 aromatic carbocycles. The maximum Gasteiger partial charge on any atom is 0.151 e. The average Bonchev–Trinajstić information content (AvgIpc) is 2.87. The summed E-state index contributed by atoms with van der Waals surface area (Å²) >= 11 is 1.51. The minimum absolute atomic E-state index is 0.490. The third kappa shape index (κ3) is 3.08. The van der Waals surface area contributed by atoms with Crippen LogP contribution in [0.25, 0.3) is 0 Å². The van der Waals surface area contributed by atoms with Gasteiger partial charge in [-0.15, -0.1) is 11.3 Å². The fraction of sp³-hybridized carbons (Fsp3) is 0.286. The van der Waals surface area contributed by atoms with Crippen LogP contribution in [0.1, 0.15) is 23.2 Å². The van der Waals surface area contributed by atoms with E-state index >= 15 is 0 Å². The topological polar surface area (TPSA) is 45.9 Å². The van der Waals surface area contributed by atoms with E-state index < -0.39 is 0 Å². The first kappa shape index (κ1) is 12.6. The third-order valence-corrected chi connectivity index (χ3v) is 3.50. The van der Waals surface area contributed by atoms with Crippen molar-refractivity contribution in [2.75, 3.05) is 6.61 Å². The summed E-state index contributed by atoms with van der Waals surface area (Å²) in [6, 6.07) is 10.1. The van der Waals surface area contributed by atoms with Gasteiger partial charge in [0.15, 0.2) is 5.69 Å². The molecule has 0 amide bonds. The zero-order valence-corrected chi connectivity index (χ0v) is 11.0. The molecule has 1 aromatic heterocycles. The lowest BCUT2D eigenvalue weighted by atomic mass is 10.1. The van der Waals surface area contributed by atoms with Gasteiger partial charge in [0, 0.05) is 11.8 Å². The van der Waals surface area contributed by atoms with Crippen LogP contribution >= 0.6 is 11.3 Å². The van der Waals surface area contributed by atoms with E-state index in [2.05, 4.69) is 18.0 Å². The van der Waals surface area contributed by atoms with Crippen LogP contribution in [-0.4, -0.2) is 11.6 Å². The summed E-state index contributed by atoms with van der Waals surface area (Å²) in [6.07, 6.45) is 1.70. The SMILES string of the molecule is CCc1ccccc1OCCc1nc(C#N)cs1. The smallest absolute Gasteiger partial charge is 0.151 e. The van der Waals surface area contributed by atoms with Crippen molar-refractivity contribution in [2.24, 2.45) is 0 Å². The number of nitrogens with zero attached hydrogens (tertiary/aromatic N) is 2. The molecular weight excluding hydrogens is 244 g/mol. The van der Waals surface area contributed by atoms with Crippen LogP contribution < -0.4 is 4.74 Å². The summed E-state index contributed by atoms with van der Waals surface area (Å²) in [5.41, 5.74) is 1.71. The Kier molecular flexibility index (Phi) is 4.32. The molecular formula is C14H14N2OS. The van der Waals surface area contributed by atoms with Gasteiger partial charge in [-0.3, -0.25) is 0 Å². The standard InChI is InChI=1S/C14H14N2OS/c1-2-11-5-3-4-6-13(11)17-8-7-14-16-12(9-15)10-18-14/h3-6,10H,2,7-8H2,1H3. The quantitative estimate of drug-likeness (QED) is 0.827. The Bertz CT molecular complexity index is 557. The number of hydrogen-bond acceptors (Lipinski definition) is 4. The molecule has 3 nitrogen and oxygen atoms in total. The van der Waals surface area contributed by atoms with Gasteiger partial charge in [0.25, 0.3) is 0 Å². The summed E-state index contributed by atoms with van der Waals surface area (Å²) in [7, 11) is 0. The molecule has 2 rings (SSSR count). The highest BCUT2D eigenvalue weighted by atomic mass is 32.1. The Morgan fingerprint density at radius 3 is 2.94 bits per heavy atom. The first-order chi connectivity index (χ1) is 8.83. The van der Waals surface area contributed by atoms with Gasteiger partial charge in [-0.2, -0.15) is 5.26 Å². The molecule has 4 heteroatoms. The van der Waals surface area contributed by atoms with Gasteiger partial charge in [0.2, 0.25) is 0 Å². The van der Waals surface area contributed by atoms with Gasteiger partial charge >= 0.3 is 0 Å². The highest BCUT2D eigenvalue weighted by molar-refractivity contribution is 7.09. The summed E-state index contributed by atoms with van der Waals surface area (Å²) < 4.78 is 5.76. The van der Waals surface area contributed by atoms with E-state index in [1.165, 1.54) is 16.9 Å². The second-order valence-corrected chi connectivity index (χ2v) is 4.74. The largest absolute Gasteiger partial charge is 0.493 e. The minimum atomic E-state index is 0.490. The first-order valence-electron chi connectivity index (χ1n) is 5.88. The number of thiazole rings is 1. The Balaban J connectivity index is 1.90. The molecule has 0 spiro atoms. The molecule has 0 fully saturated rings. The Morgan fingerprint density at radius 2 is 2.22 bits per heavy atom. The zero-order valence-electron chi connectivity index (χ0n) is 10.2. The molecule has 2 aromatic rings. The van der Waals surface area contributed by atoms with Crippen molar-refractivity contribution in [1.29, 1.82) is 5.26 Å². The predicted molar refractivity (Wildman–Crippen MR) is 71.8 cm³/mol. The van der Waals surface area contributed by atoms with Crippen LogP contribution in [0.2, 0.25) is 0 Å². The predicted octanol–water partition coefficient (Wildman–Crippen LogP) is 3.20. The molecule has 0 bridgehead atoms. The van der Waals surface area contributed by atoms with E-state index in [1.54, 1.807) is 5.38 Å².